The summed E-state index contributed by atoms with van der Waals surface area (Å²) in [5.74, 6) is -0.414. The number of hydrogen-bond donors (Lipinski definition) is 1. The number of hydrogen-bond acceptors (Lipinski definition) is 10. The highest BCUT2D eigenvalue weighted by Crippen LogP contribution is 2.38. The van der Waals surface area contributed by atoms with Crippen LogP contribution in [0.5, 0.6) is 17.2 Å². The Morgan fingerprint density at radius 1 is 1.12 bits per heavy atom. The average Bonchev–Trinajstić information content (AvgIpc) is 3.41. The van der Waals surface area contributed by atoms with Gasteiger partial charge >= 0.3 is 10.1 Å². The lowest BCUT2D eigenvalue weighted by Crippen LogP contribution is -2.15. The molecule has 34 heavy (non-hydrogen) atoms. The molecule has 2 N–H and O–H groups in total. The minimum Gasteiger partial charge on any atom is -0.493 e. The molecule has 0 aliphatic rings. The first-order valence-corrected chi connectivity index (χ1v) is 11.6. The van der Waals surface area contributed by atoms with Crippen LogP contribution in [0, 0.1) is 10.1 Å². The molecule has 176 valence electrons. The monoisotopic (exact) mass is 504 g/mol. The summed E-state index contributed by atoms with van der Waals surface area (Å²) < 4.78 is 43.0. The van der Waals surface area contributed by atoms with Crippen LogP contribution in [0.4, 0.5) is 5.69 Å². The summed E-state index contributed by atoms with van der Waals surface area (Å²) in [5.41, 5.74) is 5.89. The van der Waals surface area contributed by atoms with Gasteiger partial charge < -0.3 is 19.4 Å². The Hall–Kier alpha value is -4.17. The second-order valence-electron chi connectivity index (χ2n) is 6.72. The molecule has 4 aromatic rings. The highest BCUT2D eigenvalue weighted by atomic mass is 32.2. The summed E-state index contributed by atoms with van der Waals surface area (Å²) in [7, 11) is -1.71. The Bertz CT molecular complexity index is 1540. The largest absolute Gasteiger partial charge is 0.493 e. The standard InChI is InChI=1S/C20H16N4O8S2/c1-30-14-7-11-13(8-15(14)31-2)23(10-22-11)18-9-16(19(33-18)20(21)25)32-34(28,29)17-6-4-3-5-12(17)24(26)27/h3-10H,1-2H3,(H2,21,25). The molecule has 0 unspecified atom stereocenters. The summed E-state index contributed by atoms with van der Waals surface area (Å²) >= 11 is 0.863. The van der Waals surface area contributed by atoms with E-state index in [0.29, 0.717) is 27.5 Å². The highest BCUT2D eigenvalue weighted by Gasteiger charge is 2.30. The normalized spacial score (nSPS) is 11.4. The smallest absolute Gasteiger partial charge is 0.346 e. The van der Waals surface area contributed by atoms with Gasteiger partial charge in [0.05, 0.1) is 30.2 Å². The van der Waals surface area contributed by atoms with E-state index in [9.17, 15) is 23.3 Å². The number of para-hydroxylation sites is 1. The van der Waals surface area contributed by atoms with E-state index in [1.54, 1.807) is 16.7 Å². The van der Waals surface area contributed by atoms with Crippen LogP contribution in [0.2, 0.25) is 0 Å². The molecule has 2 aromatic heterocycles. The predicted molar refractivity (Wildman–Crippen MR) is 121 cm³/mol. The van der Waals surface area contributed by atoms with E-state index in [0.717, 1.165) is 23.5 Å². The van der Waals surface area contributed by atoms with E-state index in [4.69, 9.17) is 19.4 Å². The summed E-state index contributed by atoms with van der Waals surface area (Å²) in [6.45, 7) is 0. The topological polar surface area (TPSA) is 166 Å². The van der Waals surface area contributed by atoms with Crippen molar-refractivity contribution in [2.75, 3.05) is 14.2 Å². The number of nitrogens with zero attached hydrogens (tertiary/aromatic N) is 3. The number of nitrogens with two attached hydrogens (primary N) is 1. The number of carbonyl (C=O) groups is 1. The number of amides is 1. The van der Waals surface area contributed by atoms with Crippen LogP contribution < -0.4 is 19.4 Å². The van der Waals surface area contributed by atoms with Crippen LogP contribution >= 0.6 is 11.3 Å². The lowest BCUT2D eigenvalue weighted by Gasteiger charge is -2.08. The zero-order valence-electron chi connectivity index (χ0n) is 17.6. The number of nitro groups is 1. The van der Waals surface area contributed by atoms with Crippen LogP contribution in [-0.4, -0.2) is 43.0 Å². The summed E-state index contributed by atoms with van der Waals surface area (Å²) in [4.78, 5) is 25.9. The van der Waals surface area contributed by atoms with Gasteiger partial charge in [-0.25, -0.2) is 4.98 Å². The first kappa shape index (κ1) is 23.0. The second-order valence-corrected chi connectivity index (χ2v) is 9.26. The van der Waals surface area contributed by atoms with E-state index in [1.807, 2.05) is 0 Å². The number of methoxy groups -OCH3 is 2. The first-order chi connectivity index (χ1) is 16.2. The number of primary amides is 1. The van der Waals surface area contributed by atoms with Crippen molar-refractivity contribution < 1.29 is 31.8 Å². The fourth-order valence-corrected chi connectivity index (χ4v) is 5.28. The molecule has 0 radical (unpaired) electrons. The van der Waals surface area contributed by atoms with Crippen LogP contribution in [0.25, 0.3) is 16.0 Å². The van der Waals surface area contributed by atoms with Gasteiger partial charge in [0.1, 0.15) is 16.2 Å². The lowest BCUT2D eigenvalue weighted by molar-refractivity contribution is -0.387. The Labute approximate surface area is 196 Å². The van der Waals surface area contributed by atoms with Crippen molar-refractivity contribution in [3.63, 3.8) is 0 Å². The zero-order chi connectivity index (χ0) is 24.6. The first-order valence-electron chi connectivity index (χ1n) is 9.37. The number of aromatic nitrogens is 2. The number of nitro benzene ring substituents is 1. The van der Waals surface area contributed by atoms with Crippen LogP contribution in [0.15, 0.2) is 53.7 Å². The molecule has 0 atom stereocenters. The third kappa shape index (κ3) is 3.99. The number of rotatable bonds is 8. The highest BCUT2D eigenvalue weighted by molar-refractivity contribution is 7.87. The maximum atomic E-state index is 12.8. The summed E-state index contributed by atoms with van der Waals surface area (Å²) in [6.07, 6.45) is 1.46. The maximum Gasteiger partial charge on any atom is 0.346 e. The van der Waals surface area contributed by atoms with Crippen molar-refractivity contribution in [3.05, 3.63) is 63.8 Å². The molecular weight excluding hydrogens is 488 g/mol. The van der Waals surface area contributed by atoms with Gasteiger partial charge in [0, 0.05) is 24.3 Å². The number of carbonyl (C=O) groups excluding carboxylic acids is 1. The van der Waals surface area contributed by atoms with E-state index in [1.165, 1.54) is 38.7 Å². The molecule has 12 nitrogen and oxygen atoms in total. The van der Waals surface area contributed by atoms with Gasteiger partial charge in [0.25, 0.3) is 11.6 Å². The number of fused-ring (bicyclic) bond motifs is 1. The maximum absolute atomic E-state index is 12.8. The van der Waals surface area contributed by atoms with Gasteiger partial charge in [-0.1, -0.05) is 12.1 Å². The zero-order valence-corrected chi connectivity index (χ0v) is 19.3. The van der Waals surface area contributed by atoms with Gasteiger partial charge in [0.15, 0.2) is 22.1 Å². The van der Waals surface area contributed by atoms with Crippen LogP contribution in [-0.2, 0) is 10.1 Å². The number of ether oxygens (including phenoxy) is 2. The van der Waals surface area contributed by atoms with E-state index in [2.05, 4.69) is 4.98 Å². The second kappa shape index (κ2) is 8.64. The fraction of sp³-hybridized carbons (Fsp3) is 0.100. The van der Waals surface area contributed by atoms with Crippen molar-refractivity contribution >= 4 is 44.1 Å². The molecule has 4 rings (SSSR count). The third-order valence-electron chi connectivity index (χ3n) is 4.73. The Balaban J connectivity index is 1.81. The van der Waals surface area contributed by atoms with Crippen molar-refractivity contribution in [1.82, 2.24) is 9.55 Å². The Kier molecular flexibility index (Phi) is 5.85. The molecule has 14 heteroatoms. The molecule has 0 aliphatic carbocycles. The molecule has 2 heterocycles. The van der Waals surface area contributed by atoms with E-state index < -0.39 is 31.5 Å². The SMILES string of the molecule is COc1cc2ncn(-c3cc(OS(=O)(=O)c4ccccc4[N+](=O)[O-])c(C(N)=O)s3)c2cc1OC. The Morgan fingerprint density at radius 3 is 2.44 bits per heavy atom. The van der Waals surface area contributed by atoms with Crippen LogP contribution in [0.3, 0.4) is 0 Å². The quantitative estimate of drug-likeness (QED) is 0.216. The molecule has 0 spiro atoms. The van der Waals surface area contributed by atoms with E-state index in [-0.39, 0.29) is 10.6 Å². The molecule has 0 saturated heterocycles. The third-order valence-corrected chi connectivity index (χ3v) is 7.14. The van der Waals surface area contributed by atoms with Gasteiger partial charge in [-0.05, 0) is 6.07 Å². The average molecular weight is 505 g/mol. The molecule has 0 fully saturated rings. The van der Waals surface area contributed by atoms with E-state index >= 15 is 0 Å². The molecule has 2 aromatic carbocycles. The summed E-state index contributed by atoms with van der Waals surface area (Å²) in [5, 5.41) is 11.6. The number of benzene rings is 2. The molecule has 0 aliphatic heterocycles. The van der Waals surface area contributed by atoms with Gasteiger partial charge in [-0.15, -0.1) is 11.3 Å². The predicted octanol–water partition coefficient (Wildman–Crippen LogP) is 2.88. The van der Waals surface area contributed by atoms with Crippen molar-refractivity contribution in [1.29, 1.82) is 0 Å². The minimum atomic E-state index is -4.67. The molecular formula is C20H16N4O8S2. The number of imidazole rings is 1. The van der Waals surface area contributed by atoms with Crippen molar-refractivity contribution in [2.24, 2.45) is 5.73 Å². The summed E-state index contributed by atoms with van der Waals surface area (Å²) in [6, 6.07) is 9.31. The fourth-order valence-electron chi connectivity index (χ4n) is 3.21. The molecule has 1 amide bonds. The van der Waals surface area contributed by atoms with Crippen LogP contribution in [0.1, 0.15) is 9.67 Å². The molecule has 0 bridgehead atoms. The van der Waals surface area contributed by atoms with Gasteiger partial charge in [-0.2, -0.15) is 8.42 Å². The van der Waals surface area contributed by atoms with Gasteiger partial charge in [-0.3, -0.25) is 19.5 Å². The van der Waals surface area contributed by atoms with Crippen molar-refractivity contribution in [2.45, 2.75) is 4.90 Å². The van der Waals surface area contributed by atoms with Crippen molar-refractivity contribution in [3.8, 4) is 22.2 Å². The molecule has 0 saturated carbocycles. The number of thiophene rings is 1. The Morgan fingerprint density at radius 2 is 1.79 bits per heavy atom. The lowest BCUT2D eigenvalue weighted by atomic mass is 10.2. The minimum absolute atomic E-state index is 0.195. The van der Waals surface area contributed by atoms with Gasteiger partial charge in [0.2, 0.25) is 0 Å².